The van der Waals surface area contributed by atoms with E-state index in [0.717, 1.165) is 65.0 Å². The number of aryl methyl sites for hydroxylation is 4. The smallest absolute Gasteiger partial charge is 0.271 e. The van der Waals surface area contributed by atoms with E-state index in [1.165, 1.54) is 43.8 Å². The predicted octanol–water partition coefficient (Wildman–Crippen LogP) is 6.64. The van der Waals surface area contributed by atoms with Crippen molar-refractivity contribution >= 4 is 56.3 Å². The second kappa shape index (κ2) is 8.86. The molecule has 6 aromatic rings. The van der Waals surface area contributed by atoms with E-state index < -0.39 is 0 Å². The van der Waals surface area contributed by atoms with E-state index in [9.17, 15) is 0 Å². The Bertz CT molecular complexity index is 2420. The zero-order valence-electron chi connectivity index (χ0n) is 24.4. The average Bonchev–Trinajstić information content (AvgIpc) is 3.80. The zero-order valence-corrected chi connectivity index (χ0v) is 24.4. The molecule has 7 heteroatoms. The van der Waals surface area contributed by atoms with Gasteiger partial charge in [-0.05, 0) is 83.0 Å². The molecule has 4 aliphatic rings. The number of benzene rings is 5. The molecule has 7 nitrogen and oxygen atoms in total. The van der Waals surface area contributed by atoms with Crippen molar-refractivity contribution < 1.29 is 0 Å². The van der Waals surface area contributed by atoms with E-state index in [1.807, 2.05) is 42.5 Å². The summed E-state index contributed by atoms with van der Waals surface area (Å²) in [7, 11) is 0. The number of para-hydroxylation sites is 1. The Morgan fingerprint density at radius 2 is 1.02 bits per heavy atom. The van der Waals surface area contributed by atoms with Gasteiger partial charge in [0.25, 0.3) is 11.9 Å². The van der Waals surface area contributed by atoms with Crippen molar-refractivity contribution in [3.63, 3.8) is 0 Å². The highest BCUT2D eigenvalue weighted by Gasteiger charge is 2.26. The van der Waals surface area contributed by atoms with Crippen LogP contribution in [0.25, 0.3) is 38.6 Å². The van der Waals surface area contributed by atoms with Crippen molar-refractivity contribution in [2.45, 2.75) is 25.7 Å². The molecule has 45 heavy (non-hydrogen) atoms. The molecule has 0 saturated heterocycles. The molecule has 1 heterocycles. The number of rotatable bonds is 3. The molecule has 0 atom stereocenters. The van der Waals surface area contributed by atoms with E-state index in [0.29, 0.717) is 23.3 Å². The molecule has 5 aromatic carbocycles. The summed E-state index contributed by atoms with van der Waals surface area (Å²) < 4.78 is 1.75. The zero-order chi connectivity index (χ0) is 29.8. The fourth-order valence-corrected chi connectivity index (χ4v) is 7.73. The number of nitrogens with zero attached hydrogens (tertiary/aromatic N) is 5. The lowest BCUT2D eigenvalue weighted by Crippen LogP contribution is -2.12. The number of nitrogens with two attached hydrogens (primary N) is 2. The Labute approximate surface area is 259 Å². The van der Waals surface area contributed by atoms with Crippen molar-refractivity contribution in [1.82, 2.24) is 14.8 Å². The van der Waals surface area contributed by atoms with Crippen molar-refractivity contribution in [2.24, 2.45) is 21.5 Å². The third-order valence-electron chi connectivity index (χ3n) is 9.77. The first kappa shape index (κ1) is 24.6. The van der Waals surface area contributed by atoms with Gasteiger partial charge >= 0.3 is 0 Å². The number of hydrogen-bond acceptors (Lipinski definition) is 6. The van der Waals surface area contributed by atoms with Gasteiger partial charge in [0, 0.05) is 44.4 Å². The third-order valence-corrected chi connectivity index (χ3v) is 9.77. The largest absolute Gasteiger partial charge is 0.398 e. The van der Waals surface area contributed by atoms with Crippen LogP contribution in [0.5, 0.6) is 0 Å². The van der Waals surface area contributed by atoms with Gasteiger partial charge in [-0.1, -0.05) is 66.7 Å². The average molecular weight is 582 g/mol. The summed E-state index contributed by atoms with van der Waals surface area (Å²) in [6, 6.07) is 27.4. The molecular formula is C38H27N7. The highest BCUT2D eigenvalue weighted by molar-refractivity contribution is 6.26. The lowest BCUT2D eigenvalue weighted by molar-refractivity contribution is 0.879. The maximum absolute atomic E-state index is 6.66. The Hall–Kier alpha value is -5.82. The maximum atomic E-state index is 6.66. The minimum absolute atomic E-state index is 0.317. The van der Waals surface area contributed by atoms with Crippen LogP contribution in [0.2, 0.25) is 0 Å². The van der Waals surface area contributed by atoms with Crippen LogP contribution in [0.1, 0.15) is 44.5 Å². The summed E-state index contributed by atoms with van der Waals surface area (Å²) in [4.78, 5) is 15.0. The minimum atomic E-state index is 0.317. The predicted molar refractivity (Wildman–Crippen MR) is 181 cm³/mol. The highest BCUT2D eigenvalue weighted by Crippen LogP contribution is 2.41. The molecule has 0 saturated carbocycles. The lowest BCUT2D eigenvalue weighted by atomic mass is 9.88. The van der Waals surface area contributed by atoms with Crippen LogP contribution in [0.3, 0.4) is 0 Å². The van der Waals surface area contributed by atoms with Gasteiger partial charge in [-0.2, -0.15) is 9.67 Å². The Morgan fingerprint density at radius 3 is 1.56 bits per heavy atom. The van der Waals surface area contributed by atoms with Crippen molar-refractivity contribution in [1.29, 1.82) is 0 Å². The van der Waals surface area contributed by atoms with Crippen LogP contribution in [0, 0.1) is 0 Å². The first-order valence-corrected chi connectivity index (χ1v) is 15.4. The number of hydrogen-bond donors (Lipinski definition) is 2. The van der Waals surface area contributed by atoms with Gasteiger partial charge in [-0.3, -0.25) is 0 Å². The van der Waals surface area contributed by atoms with E-state index in [1.54, 1.807) is 4.68 Å². The number of aromatic nitrogens is 3. The summed E-state index contributed by atoms with van der Waals surface area (Å²) >= 11 is 0. The van der Waals surface area contributed by atoms with Crippen LogP contribution in [-0.4, -0.2) is 26.2 Å². The molecule has 0 aliphatic heterocycles. The van der Waals surface area contributed by atoms with Gasteiger partial charge < -0.3 is 11.5 Å². The van der Waals surface area contributed by atoms with Gasteiger partial charge in [0.15, 0.2) is 0 Å². The topological polar surface area (TPSA) is 107 Å². The van der Waals surface area contributed by atoms with Crippen molar-refractivity contribution in [2.75, 3.05) is 0 Å². The first-order chi connectivity index (χ1) is 22.1. The lowest BCUT2D eigenvalue weighted by Gasteiger charge is -2.19. The minimum Gasteiger partial charge on any atom is -0.398 e. The van der Waals surface area contributed by atoms with Crippen LogP contribution < -0.4 is 11.5 Å². The molecule has 1 aromatic heterocycles. The molecule has 0 bridgehead atoms. The normalized spacial score (nSPS) is 17.5. The molecule has 10 rings (SSSR count). The Balaban J connectivity index is 1.16. The molecular weight excluding hydrogens is 554 g/mol. The summed E-state index contributed by atoms with van der Waals surface area (Å²) in [5, 5.41) is 9.86. The fourth-order valence-electron chi connectivity index (χ4n) is 7.73. The second-order valence-corrected chi connectivity index (χ2v) is 12.2. The summed E-state index contributed by atoms with van der Waals surface area (Å²) in [6.45, 7) is 0. The molecule has 4 N–H and O–H groups in total. The summed E-state index contributed by atoms with van der Waals surface area (Å²) in [6.07, 6.45) is 8.09. The number of allylic oxidation sites excluding steroid dienone is 2. The fraction of sp³-hybridized carbons (Fsp3) is 0.105. The maximum Gasteiger partial charge on any atom is 0.271 e. The molecule has 0 radical (unpaired) electrons. The molecule has 0 spiro atoms. The van der Waals surface area contributed by atoms with Crippen LogP contribution in [0.4, 0.5) is 11.9 Å². The molecule has 4 aliphatic carbocycles. The molecule has 0 unspecified atom stereocenters. The molecule has 214 valence electrons. The van der Waals surface area contributed by atoms with Crippen molar-refractivity contribution in [3.8, 4) is 5.69 Å². The van der Waals surface area contributed by atoms with Gasteiger partial charge in [-0.15, -0.1) is 5.10 Å². The monoisotopic (exact) mass is 581 g/mol. The van der Waals surface area contributed by atoms with Crippen LogP contribution in [-0.2, 0) is 25.7 Å². The molecule has 0 fully saturated rings. The van der Waals surface area contributed by atoms with E-state index in [4.69, 9.17) is 31.5 Å². The third kappa shape index (κ3) is 3.46. The highest BCUT2D eigenvalue weighted by atomic mass is 15.4. The van der Waals surface area contributed by atoms with Gasteiger partial charge in [0.2, 0.25) is 0 Å². The van der Waals surface area contributed by atoms with Gasteiger partial charge in [-0.25, -0.2) is 9.98 Å². The Morgan fingerprint density at radius 1 is 0.533 bits per heavy atom. The quantitative estimate of drug-likeness (QED) is 0.244. The van der Waals surface area contributed by atoms with E-state index in [-0.39, 0.29) is 0 Å². The standard InChI is InChI=1S/C38H27N7/c39-29-18-31(27-16-12-22-8-6-20-10-14-25(29)35(27)33(20)22)41-37-43-38(45(44-37)24-4-2-1-3-5-24)42-32-19-30(40)26-15-11-21-7-9-23-13-17-28(32)36(26)34(21)23/h1-5,10-19H,6-9,39-40H2. The second-order valence-electron chi connectivity index (χ2n) is 12.2. The molecule has 0 amide bonds. The van der Waals surface area contributed by atoms with Gasteiger partial charge in [0.05, 0.1) is 17.1 Å². The van der Waals surface area contributed by atoms with Gasteiger partial charge in [0.1, 0.15) is 0 Å². The van der Waals surface area contributed by atoms with E-state index >= 15 is 0 Å². The Kier molecular flexibility index (Phi) is 4.84. The first-order valence-electron chi connectivity index (χ1n) is 15.4. The van der Waals surface area contributed by atoms with Crippen LogP contribution in [0.15, 0.2) is 101 Å². The number of aliphatic imine (C=N–C) groups is 2. The van der Waals surface area contributed by atoms with Crippen LogP contribution >= 0.6 is 0 Å². The SMILES string of the molecule is NC1=CC(=Nc2nc(N=C3C=C(N)c4ccc5c6c(ccc3c46)CC5)n(-c3ccccc3)n2)c2ccc3c4c(ccc1c24)CC3. The van der Waals surface area contributed by atoms with E-state index in [2.05, 4.69) is 48.5 Å². The summed E-state index contributed by atoms with van der Waals surface area (Å²) in [5.74, 6) is 0.748. The summed E-state index contributed by atoms with van der Waals surface area (Å²) in [5.41, 5.74) is 26.8. The van der Waals surface area contributed by atoms with Crippen molar-refractivity contribution in [3.05, 3.63) is 136 Å².